The van der Waals surface area contributed by atoms with Crippen LogP contribution in [0.3, 0.4) is 0 Å². The number of benzene rings is 1. The summed E-state index contributed by atoms with van der Waals surface area (Å²) in [6, 6.07) is 4.15. The molecule has 0 aromatic heterocycles. The molecule has 5 heteroatoms. The van der Waals surface area contributed by atoms with Gasteiger partial charge in [-0.1, -0.05) is 20.3 Å². The van der Waals surface area contributed by atoms with E-state index in [-0.39, 0.29) is 12.8 Å². The number of nitrogens with two attached hydrogens (primary N) is 1. The van der Waals surface area contributed by atoms with Gasteiger partial charge in [0.25, 0.3) is 0 Å². The number of methoxy groups -OCH3 is 1. The molecule has 1 aromatic rings. The summed E-state index contributed by atoms with van der Waals surface area (Å²) in [7, 11) is 3.75. The zero-order valence-electron chi connectivity index (χ0n) is 13.4. The highest BCUT2D eigenvalue weighted by Crippen LogP contribution is 2.43. The van der Waals surface area contributed by atoms with Gasteiger partial charge in [-0.15, -0.1) is 0 Å². The molecule has 0 aliphatic carbocycles. The molecule has 5 nitrogen and oxygen atoms in total. The lowest BCUT2D eigenvalue weighted by Crippen LogP contribution is -2.33. The van der Waals surface area contributed by atoms with E-state index in [1.807, 2.05) is 12.1 Å². The summed E-state index contributed by atoms with van der Waals surface area (Å²) in [5.74, 6) is 2.76. The largest absolute Gasteiger partial charge is 0.493 e. The van der Waals surface area contributed by atoms with Crippen molar-refractivity contribution in [2.45, 2.75) is 26.3 Å². The minimum atomic E-state index is 0.141. The molecule has 0 fully saturated rings. The van der Waals surface area contributed by atoms with E-state index in [0.717, 1.165) is 24.3 Å². The molecule has 0 saturated carbocycles. The molecular formula is C16H26N2O3. The Labute approximate surface area is 127 Å². The summed E-state index contributed by atoms with van der Waals surface area (Å²) in [6.45, 7) is 6.26. The van der Waals surface area contributed by atoms with Crippen molar-refractivity contribution in [3.63, 3.8) is 0 Å². The first-order valence-electron chi connectivity index (χ1n) is 7.48. The number of hydrogen-bond acceptors (Lipinski definition) is 5. The predicted molar refractivity (Wildman–Crippen MR) is 83.0 cm³/mol. The lowest BCUT2D eigenvalue weighted by atomic mass is 10.0. The molecule has 0 bridgehead atoms. The summed E-state index contributed by atoms with van der Waals surface area (Å²) in [6.07, 6.45) is 1.16. The zero-order chi connectivity index (χ0) is 15.4. The molecule has 21 heavy (non-hydrogen) atoms. The van der Waals surface area contributed by atoms with Crippen LogP contribution in [0.4, 0.5) is 0 Å². The average molecular weight is 294 g/mol. The molecule has 0 saturated heterocycles. The van der Waals surface area contributed by atoms with Gasteiger partial charge in [0, 0.05) is 19.1 Å². The van der Waals surface area contributed by atoms with Crippen molar-refractivity contribution in [1.82, 2.24) is 4.90 Å². The summed E-state index contributed by atoms with van der Waals surface area (Å²) in [4.78, 5) is 2.30. The number of hydrogen-bond donors (Lipinski definition) is 1. The van der Waals surface area contributed by atoms with Gasteiger partial charge in [-0.25, -0.2) is 0 Å². The quantitative estimate of drug-likeness (QED) is 0.837. The van der Waals surface area contributed by atoms with Gasteiger partial charge in [0.1, 0.15) is 0 Å². The smallest absolute Gasteiger partial charge is 0.231 e. The average Bonchev–Trinajstić information content (AvgIpc) is 2.95. The third kappa shape index (κ3) is 3.41. The summed E-state index contributed by atoms with van der Waals surface area (Å²) >= 11 is 0. The second kappa shape index (κ2) is 7.00. The number of fused-ring (bicyclic) bond motifs is 1. The van der Waals surface area contributed by atoms with Gasteiger partial charge in [0.2, 0.25) is 12.5 Å². The van der Waals surface area contributed by atoms with E-state index in [1.165, 1.54) is 0 Å². The number of nitrogens with zero attached hydrogens (tertiary/aromatic N) is 1. The third-order valence-electron chi connectivity index (χ3n) is 4.12. The second-order valence-electron chi connectivity index (χ2n) is 5.66. The van der Waals surface area contributed by atoms with Crippen LogP contribution in [-0.2, 0) is 0 Å². The van der Waals surface area contributed by atoms with E-state index in [0.29, 0.717) is 24.0 Å². The van der Waals surface area contributed by atoms with Crippen LogP contribution in [-0.4, -0.2) is 38.9 Å². The normalized spacial score (nSPS) is 16.1. The maximum atomic E-state index is 6.01. The fourth-order valence-electron chi connectivity index (χ4n) is 2.66. The Morgan fingerprint density at radius 2 is 2.14 bits per heavy atom. The van der Waals surface area contributed by atoms with E-state index in [2.05, 4.69) is 25.8 Å². The van der Waals surface area contributed by atoms with Gasteiger partial charge in [0.05, 0.1) is 7.11 Å². The topological polar surface area (TPSA) is 57.0 Å². The lowest BCUT2D eigenvalue weighted by molar-refractivity contribution is 0.171. The molecule has 0 amide bonds. The van der Waals surface area contributed by atoms with E-state index >= 15 is 0 Å². The molecule has 2 rings (SSSR count). The monoisotopic (exact) mass is 294 g/mol. The Morgan fingerprint density at radius 3 is 2.76 bits per heavy atom. The van der Waals surface area contributed by atoms with E-state index in [1.54, 1.807) is 7.11 Å². The molecular weight excluding hydrogens is 268 g/mol. The summed E-state index contributed by atoms with van der Waals surface area (Å²) < 4.78 is 16.3. The van der Waals surface area contributed by atoms with Crippen molar-refractivity contribution in [2.24, 2.45) is 11.7 Å². The van der Waals surface area contributed by atoms with Crippen LogP contribution in [0.5, 0.6) is 17.2 Å². The molecule has 2 atom stereocenters. The Balaban J connectivity index is 2.26. The standard InChI is InChI=1S/C16H26N2O3/c1-5-11(2)9-18(3)13(8-17)12-6-14(19-4)16-15(7-12)20-10-21-16/h6-7,11,13H,5,8-10,17H2,1-4H3. The molecule has 1 heterocycles. The van der Waals surface area contributed by atoms with Gasteiger partial charge in [-0.05, 0) is 30.7 Å². The Kier molecular flexibility index (Phi) is 5.31. The van der Waals surface area contributed by atoms with Crippen LogP contribution in [0.1, 0.15) is 31.9 Å². The van der Waals surface area contributed by atoms with Crippen molar-refractivity contribution in [2.75, 3.05) is 34.0 Å². The van der Waals surface area contributed by atoms with Crippen molar-refractivity contribution < 1.29 is 14.2 Å². The lowest BCUT2D eigenvalue weighted by Gasteiger charge is -2.29. The highest BCUT2D eigenvalue weighted by Gasteiger charge is 2.24. The van der Waals surface area contributed by atoms with Gasteiger partial charge >= 0.3 is 0 Å². The SMILES string of the molecule is CCC(C)CN(C)C(CN)c1cc(OC)c2c(c1)OCO2. The molecule has 2 N–H and O–H groups in total. The van der Waals surface area contributed by atoms with Gasteiger partial charge in [-0.3, -0.25) is 4.90 Å². The first-order valence-corrected chi connectivity index (χ1v) is 7.48. The zero-order valence-corrected chi connectivity index (χ0v) is 13.4. The maximum absolute atomic E-state index is 6.01. The van der Waals surface area contributed by atoms with Gasteiger partial charge < -0.3 is 19.9 Å². The molecule has 2 unspecified atom stereocenters. The van der Waals surface area contributed by atoms with E-state index in [4.69, 9.17) is 19.9 Å². The first-order chi connectivity index (χ1) is 10.1. The number of rotatable bonds is 7. The number of likely N-dealkylation sites (N-methyl/N-ethyl adjacent to an activating group) is 1. The third-order valence-corrected chi connectivity index (χ3v) is 4.12. The Morgan fingerprint density at radius 1 is 1.38 bits per heavy atom. The molecule has 1 aromatic carbocycles. The van der Waals surface area contributed by atoms with Crippen LogP contribution >= 0.6 is 0 Å². The maximum Gasteiger partial charge on any atom is 0.231 e. The highest BCUT2D eigenvalue weighted by molar-refractivity contribution is 5.55. The van der Waals surface area contributed by atoms with Crippen LogP contribution < -0.4 is 19.9 Å². The van der Waals surface area contributed by atoms with E-state index < -0.39 is 0 Å². The fourth-order valence-corrected chi connectivity index (χ4v) is 2.66. The minimum absolute atomic E-state index is 0.141. The minimum Gasteiger partial charge on any atom is -0.493 e. The van der Waals surface area contributed by atoms with Crippen molar-refractivity contribution in [1.29, 1.82) is 0 Å². The molecule has 1 aliphatic rings. The highest BCUT2D eigenvalue weighted by atomic mass is 16.7. The molecule has 0 spiro atoms. The second-order valence-corrected chi connectivity index (χ2v) is 5.66. The predicted octanol–water partition coefficient (Wildman–Crippen LogP) is 2.40. The molecule has 118 valence electrons. The van der Waals surface area contributed by atoms with E-state index in [9.17, 15) is 0 Å². The van der Waals surface area contributed by atoms with Crippen molar-refractivity contribution in [3.8, 4) is 17.2 Å². The summed E-state index contributed by atoms with van der Waals surface area (Å²) in [5, 5.41) is 0. The van der Waals surface area contributed by atoms with Crippen LogP contribution in [0, 0.1) is 5.92 Å². The number of ether oxygens (including phenoxy) is 3. The first kappa shape index (κ1) is 15.9. The Bertz CT molecular complexity index is 479. The van der Waals surface area contributed by atoms with Gasteiger partial charge in [-0.2, -0.15) is 0 Å². The van der Waals surface area contributed by atoms with Gasteiger partial charge in [0.15, 0.2) is 11.5 Å². The van der Waals surface area contributed by atoms with Crippen molar-refractivity contribution in [3.05, 3.63) is 17.7 Å². The Hall–Kier alpha value is -1.46. The van der Waals surface area contributed by atoms with Crippen LogP contribution in [0.15, 0.2) is 12.1 Å². The van der Waals surface area contributed by atoms with Crippen LogP contribution in [0.2, 0.25) is 0 Å². The van der Waals surface area contributed by atoms with Crippen molar-refractivity contribution >= 4 is 0 Å². The van der Waals surface area contributed by atoms with Crippen LogP contribution in [0.25, 0.3) is 0 Å². The molecule has 1 aliphatic heterocycles. The summed E-state index contributed by atoms with van der Waals surface area (Å²) in [5.41, 5.74) is 7.11. The fraction of sp³-hybridized carbons (Fsp3) is 0.625. The molecule has 0 radical (unpaired) electrons.